The third-order valence-corrected chi connectivity index (χ3v) is 5.60. The Morgan fingerprint density at radius 3 is 3.00 bits per heavy atom. The molecule has 2 aliphatic heterocycles. The number of nitrogens with zero attached hydrogens (tertiary/aromatic N) is 4. The van der Waals surface area contributed by atoms with E-state index < -0.39 is 0 Å². The van der Waals surface area contributed by atoms with Crippen molar-refractivity contribution in [2.75, 3.05) is 26.2 Å². The van der Waals surface area contributed by atoms with Gasteiger partial charge < -0.3 is 14.8 Å². The van der Waals surface area contributed by atoms with Crippen molar-refractivity contribution in [3.63, 3.8) is 0 Å². The number of fused-ring (bicyclic) bond motifs is 1. The zero-order valence-electron chi connectivity index (χ0n) is 16.8. The zero-order valence-corrected chi connectivity index (χ0v) is 16.8. The first-order valence-electron chi connectivity index (χ1n) is 10.2. The monoisotopic (exact) mass is 394 g/mol. The van der Waals surface area contributed by atoms with E-state index >= 15 is 0 Å². The summed E-state index contributed by atoms with van der Waals surface area (Å²) in [4.78, 5) is 41.0. The van der Waals surface area contributed by atoms with Gasteiger partial charge in [-0.25, -0.2) is 9.98 Å². The number of aromatic amines is 1. The molecule has 2 aromatic heterocycles. The molecule has 1 saturated heterocycles. The van der Waals surface area contributed by atoms with Crippen LogP contribution < -0.4 is 5.32 Å². The molecule has 1 fully saturated rings. The second kappa shape index (κ2) is 8.06. The van der Waals surface area contributed by atoms with Crippen molar-refractivity contribution in [2.45, 2.75) is 26.7 Å². The van der Waals surface area contributed by atoms with Gasteiger partial charge in [0.2, 0.25) is 11.9 Å². The van der Waals surface area contributed by atoms with Gasteiger partial charge in [-0.1, -0.05) is 0 Å². The summed E-state index contributed by atoms with van der Waals surface area (Å²) in [7, 11) is 0. The molecule has 4 heterocycles. The summed E-state index contributed by atoms with van der Waals surface area (Å²) >= 11 is 0. The highest BCUT2D eigenvalue weighted by Crippen LogP contribution is 2.23. The van der Waals surface area contributed by atoms with E-state index in [0.717, 1.165) is 49.1 Å². The van der Waals surface area contributed by atoms with Crippen LogP contribution in [0.3, 0.4) is 0 Å². The summed E-state index contributed by atoms with van der Waals surface area (Å²) in [5.41, 5.74) is 2.01. The lowest BCUT2D eigenvalue weighted by Gasteiger charge is -2.35. The molecule has 0 aliphatic carbocycles. The number of aliphatic imine (C=N–C) groups is 1. The third-order valence-electron chi connectivity index (χ3n) is 5.60. The van der Waals surface area contributed by atoms with Gasteiger partial charge in [0.1, 0.15) is 11.3 Å². The van der Waals surface area contributed by atoms with Gasteiger partial charge in [-0.05, 0) is 44.9 Å². The number of amides is 2. The predicted molar refractivity (Wildman–Crippen MR) is 112 cm³/mol. The Balaban J connectivity index is 1.53. The third kappa shape index (κ3) is 3.74. The first-order chi connectivity index (χ1) is 14.1. The Labute approximate surface area is 169 Å². The number of pyridine rings is 1. The van der Waals surface area contributed by atoms with Crippen molar-refractivity contribution in [3.05, 3.63) is 35.8 Å². The minimum atomic E-state index is -0.226. The normalized spacial score (nSPS) is 20.8. The molecule has 0 saturated carbocycles. The van der Waals surface area contributed by atoms with Crippen LogP contribution in [0.4, 0.5) is 0 Å². The first-order valence-corrected chi connectivity index (χ1v) is 10.2. The Morgan fingerprint density at radius 2 is 2.21 bits per heavy atom. The quantitative estimate of drug-likeness (QED) is 0.776. The van der Waals surface area contributed by atoms with Crippen LogP contribution in [0.5, 0.6) is 0 Å². The molecule has 29 heavy (non-hydrogen) atoms. The Morgan fingerprint density at radius 1 is 1.38 bits per heavy atom. The molecule has 1 unspecified atom stereocenters. The fourth-order valence-electron chi connectivity index (χ4n) is 4.01. The van der Waals surface area contributed by atoms with E-state index in [4.69, 9.17) is 0 Å². The zero-order chi connectivity index (χ0) is 20.4. The maximum atomic E-state index is 12.7. The number of rotatable bonds is 4. The first kappa shape index (κ1) is 19.2. The Kier molecular flexibility index (Phi) is 5.33. The van der Waals surface area contributed by atoms with Crippen molar-refractivity contribution < 1.29 is 9.59 Å². The summed E-state index contributed by atoms with van der Waals surface area (Å²) < 4.78 is 0. The molecule has 2 aliphatic rings. The number of guanidine groups is 1. The highest BCUT2D eigenvalue weighted by atomic mass is 16.2. The minimum absolute atomic E-state index is 0.0593. The fraction of sp³-hybridized carbons (Fsp3) is 0.429. The Bertz CT molecular complexity index is 988. The van der Waals surface area contributed by atoms with Crippen LogP contribution in [0.1, 0.15) is 32.3 Å². The van der Waals surface area contributed by atoms with Gasteiger partial charge >= 0.3 is 0 Å². The van der Waals surface area contributed by atoms with Crippen molar-refractivity contribution in [3.8, 4) is 0 Å². The van der Waals surface area contributed by atoms with E-state index in [1.54, 1.807) is 12.3 Å². The summed E-state index contributed by atoms with van der Waals surface area (Å²) in [6.45, 7) is 6.80. The molecule has 2 amide bonds. The SMILES string of the molecule is CCN(CC)C(=O)C1CCCN(C2=NC(=Cc3c[nH]c4ncccc34)C(=O)N2)C1. The van der Waals surface area contributed by atoms with Gasteiger partial charge in [0.15, 0.2) is 0 Å². The van der Waals surface area contributed by atoms with E-state index in [-0.39, 0.29) is 17.7 Å². The van der Waals surface area contributed by atoms with Crippen LogP contribution >= 0.6 is 0 Å². The molecule has 2 N–H and O–H groups in total. The molecule has 0 spiro atoms. The lowest BCUT2D eigenvalue weighted by molar-refractivity contribution is -0.136. The number of hydrogen-bond acceptors (Lipinski definition) is 5. The Hall–Kier alpha value is -3.16. The van der Waals surface area contributed by atoms with Crippen molar-refractivity contribution >= 4 is 34.9 Å². The van der Waals surface area contributed by atoms with Gasteiger partial charge in [-0.3, -0.25) is 14.9 Å². The van der Waals surface area contributed by atoms with Gasteiger partial charge in [0.05, 0.1) is 5.92 Å². The number of likely N-dealkylation sites (tertiary alicyclic amines) is 1. The largest absolute Gasteiger partial charge is 0.346 e. The van der Waals surface area contributed by atoms with E-state index in [0.29, 0.717) is 18.2 Å². The summed E-state index contributed by atoms with van der Waals surface area (Å²) in [5, 5.41) is 3.81. The summed E-state index contributed by atoms with van der Waals surface area (Å²) in [6, 6.07) is 3.82. The molecular weight excluding hydrogens is 368 g/mol. The van der Waals surface area contributed by atoms with Gasteiger partial charge in [0.25, 0.3) is 5.91 Å². The number of piperidine rings is 1. The fourth-order valence-corrected chi connectivity index (χ4v) is 4.01. The lowest BCUT2D eigenvalue weighted by atomic mass is 9.96. The highest BCUT2D eigenvalue weighted by Gasteiger charge is 2.32. The smallest absolute Gasteiger partial charge is 0.276 e. The van der Waals surface area contributed by atoms with Gasteiger partial charge in [-0.2, -0.15) is 0 Å². The van der Waals surface area contributed by atoms with Crippen molar-refractivity contribution in [1.29, 1.82) is 0 Å². The molecule has 152 valence electrons. The van der Waals surface area contributed by atoms with Crippen LogP contribution in [0, 0.1) is 5.92 Å². The minimum Gasteiger partial charge on any atom is -0.346 e. The van der Waals surface area contributed by atoms with Crippen LogP contribution in [0.15, 0.2) is 35.2 Å². The molecular formula is C21H26N6O2. The van der Waals surface area contributed by atoms with E-state index in [9.17, 15) is 9.59 Å². The van der Waals surface area contributed by atoms with E-state index in [1.807, 2.05) is 42.0 Å². The van der Waals surface area contributed by atoms with Crippen LogP contribution in [0.25, 0.3) is 17.1 Å². The number of aromatic nitrogens is 2. The molecule has 0 radical (unpaired) electrons. The molecule has 8 heteroatoms. The van der Waals surface area contributed by atoms with Gasteiger partial charge in [0, 0.05) is 49.5 Å². The number of H-pyrrole nitrogens is 1. The van der Waals surface area contributed by atoms with Crippen LogP contribution in [0.2, 0.25) is 0 Å². The van der Waals surface area contributed by atoms with E-state index in [2.05, 4.69) is 20.3 Å². The number of carbonyl (C=O) groups excluding carboxylic acids is 2. The van der Waals surface area contributed by atoms with Crippen LogP contribution in [-0.2, 0) is 9.59 Å². The van der Waals surface area contributed by atoms with Crippen LogP contribution in [-0.4, -0.2) is 63.7 Å². The second-order valence-corrected chi connectivity index (χ2v) is 7.36. The molecule has 4 rings (SSSR count). The molecule has 1 atom stereocenters. The summed E-state index contributed by atoms with van der Waals surface area (Å²) in [6.07, 6.45) is 7.09. The average molecular weight is 394 g/mol. The molecule has 0 aromatic carbocycles. The molecule has 0 bridgehead atoms. The molecule has 2 aromatic rings. The number of nitrogens with one attached hydrogen (secondary N) is 2. The van der Waals surface area contributed by atoms with Crippen molar-refractivity contribution in [1.82, 2.24) is 25.1 Å². The topological polar surface area (TPSA) is 93.7 Å². The molecule has 8 nitrogen and oxygen atoms in total. The number of carbonyl (C=O) groups is 2. The predicted octanol–water partition coefficient (Wildman–Crippen LogP) is 1.97. The average Bonchev–Trinajstić information content (AvgIpc) is 3.33. The van der Waals surface area contributed by atoms with E-state index in [1.165, 1.54) is 0 Å². The maximum absolute atomic E-state index is 12.7. The second-order valence-electron chi connectivity index (χ2n) is 7.36. The van der Waals surface area contributed by atoms with Gasteiger partial charge in [-0.15, -0.1) is 0 Å². The maximum Gasteiger partial charge on any atom is 0.276 e. The lowest BCUT2D eigenvalue weighted by Crippen LogP contribution is -2.49. The highest BCUT2D eigenvalue weighted by molar-refractivity contribution is 6.14. The van der Waals surface area contributed by atoms with Crippen molar-refractivity contribution in [2.24, 2.45) is 10.9 Å². The standard InChI is InChI=1S/C21H26N6O2/c1-3-26(4-2)20(29)14-7-6-10-27(13-14)21-24-17(19(28)25-21)11-15-12-23-18-16(15)8-5-9-22-18/h5,8-9,11-12,14H,3-4,6-7,10,13H2,1-2H3,(H,22,23)(H,24,25,28). The number of hydrogen-bond donors (Lipinski definition) is 2. The summed E-state index contributed by atoms with van der Waals surface area (Å²) in [5.74, 6) is 0.439.